The number of aromatic nitrogens is 1. The summed E-state index contributed by atoms with van der Waals surface area (Å²) >= 11 is 0. The third-order valence-corrected chi connectivity index (χ3v) is 7.70. The van der Waals surface area contributed by atoms with Crippen molar-refractivity contribution in [2.75, 3.05) is 23.7 Å². The Kier molecular flexibility index (Phi) is 18.8. The zero-order valence-corrected chi connectivity index (χ0v) is 30.4. The largest absolute Gasteiger partial charge is 2.00 e. The second kappa shape index (κ2) is 19.6. The number of hydrogen-bond acceptors (Lipinski definition) is 4. The first-order valence-electron chi connectivity index (χ1n) is 15.4. The first-order valence-corrected chi connectivity index (χ1v) is 15.4. The van der Waals surface area contributed by atoms with E-state index in [0.29, 0.717) is 23.7 Å². The molecule has 0 bridgehead atoms. The monoisotopic (exact) mass is 671 g/mol. The zero-order valence-electron chi connectivity index (χ0n) is 27.8. The molecule has 0 aliphatic carbocycles. The van der Waals surface area contributed by atoms with Crippen LogP contribution in [0.2, 0.25) is 0 Å². The number of pyridine rings is 1. The number of nitrogens with one attached hydrogen (secondary N) is 2. The van der Waals surface area contributed by atoms with Gasteiger partial charge in [0.1, 0.15) is 0 Å². The fourth-order valence-electron chi connectivity index (χ4n) is 5.72. The van der Waals surface area contributed by atoms with E-state index in [1.807, 2.05) is 12.3 Å². The Morgan fingerprint density at radius 1 is 0.558 bits per heavy atom. The zero-order chi connectivity index (χ0) is 29.4. The average Bonchev–Trinajstić information content (AvgIpc) is 2.88. The smallest absolute Gasteiger partial charge is 1.00 e. The molecule has 0 fully saturated rings. The van der Waals surface area contributed by atoms with Gasteiger partial charge in [-0.1, -0.05) is 97.9 Å². The third-order valence-electron chi connectivity index (χ3n) is 7.70. The Morgan fingerprint density at radius 3 is 1.23 bits per heavy atom. The molecule has 241 valence electrons. The first kappa shape index (κ1) is 41.2. The van der Waals surface area contributed by atoms with Crippen LogP contribution < -0.4 is 35.4 Å². The molecule has 1 heterocycles. The van der Waals surface area contributed by atoms with Gasteiger partial charge in [0.05, 0.1) is 5.69 Å². The number of rotatable bonds is 14. The van der Waals surface area contributed by atoms with Crippen molar-refractivity contribution in [3.05, 3.63) is 88.7 Å². The van der Waals surface area contributed by atoms with Crippen molar-refractivity contribution in [2.45, 2.75) is 112 Å². The molecule has 0 saturated carbocycles. The number of para-hydroxylation sites is 2. The molecule has 1 radical (unpaired) electrons. The summed E-state index contributed by atoms with van der Waals surface area (Å²) in [5, 5.41) is 7.89. The molecule has 0 saturated heterocycles. The molecule has 2 N–H and O–H groups in total. The Hall–Kier alpha value is -1.76. The molecule has 2 atom stereocenters. The molecule has 0 aliphatic rings. The Morgan fingerprint density at radius 2 is 0.930 bits per heavy atom. The first-order chi connectivity index (χ1) is 19.0. The minimum atomic E-state index is 0. The number of nitrogens with zero attached hydrogens (tertiary/aromatic N) is 2. The molecule has 3 aromatic rings. The minimum Gasteiger partial charge on any atom is -1.00 e. The van der Waals surface area contributed by atoms with Crippen LogP contribution in [0, 0.1) is 0 Å². The van der Waals surface area contributed by atoms with E-state index in [9.17, 15) is 0 Å². The molecule has 7 heteroatoms. The van der Waals surface area contributed by atoms with Crippen LogP contribution in [0.3, 0.4) is 0 Å². The van der Waals surface area contributed by atoms with Crippen LogP contribution in [-0.4, -0.2) is 35.1 Å². The van der Waals surface area contributed by atoms with E-state index in [-0.39, 0.29) is 53.7 Å². The van der Waals surface area contributed by atoms with Gasteiger partial charge in [0.25, 0.3) is 0 Å². The van der Waals surface area contributed by atoms with E-state index < -0.39 is 0 Å². The molecule has 4 nitrogen and oxygen atoms in total. The Balaban J connectivity index is 0.00000588. The fraction of sp³-hybridized carbons (Fsp3) is 0.528. The number of hydrogen-bond donors (Lipinski definition) is 2. The van der Waals surface area contributed by atoms with Gasteiger partial charge in [-0.05, 0) is 71.9 Å². The van der Waals surface area contributed by atoms with Crippen molar-refractivity contribution in [2.24, 2.45) is 0 Å². The van der Waals surface area contributed by atoms with E-state index >= 15 is 0 Å². The summed E-state index contributed by atoms with van der Waals surface area (Å²) in [6.07, 6.45) is 1.90. The quantitative estimate of drug-likeness (QED) is 0.276. The van der Waals surface area contributed by atoms with Crippen LogP contribution in [0.4, 0.5) is 11.4 Å². The van der Waals surface area contributed by atoms with Crippen molar-refractivity contribution < 1.29 is 41.6 Å². The van der Waals surface area contributed by atoms with Crippen LogP contribution in [0.15, 0.2) is 60.8 Å². The van der Waals surface area contributed by atoms with Crippen molar-refractivity contribution in [1.82, 2.24) is 9.88 Å². The van der Waals surface area contributed by atoms with Crippen molar-refractivity contribution in [3.8, 4) is 0 Å². The van der Waals surface area contributed by atoms with Crippen LogP contribution >= 0.6 is 0 Å². The van der Waals surface area contributed by atoms with Gasteiger partial charge >= 0.3 is 16.8 Å². The van der Waals surface area contributed by atoms with Gasteiger partial charge in [-0.3, -0.25) is 9.88 Å². The van der Waals surface area contributed by atoms with Crippen LogP contribution in [-0.2, 0) is 23.3 Å². The maximum atomic E-state index is 4.67. The Bertz CT molecular complexity index is 1080. The summed E-state index contributed by atoms with van der Waals surface area (Å²) in [5.74, 6) is 1.88. The van der Waals surface area contributed by atoms with Crippen LogP contribution in [0.25, 0.3) is 0 Å². The predicted octanol–water partition coefficient (Wildman–Crippen LogP) is 3.38. The number of benzene rings is 2. The maximum Gasteiger partial charge on any atom is 2.00 e. The molecule has 2 aromatic carbocycles. The molecular formula is C36H54Cl2CoN4. The van der Waals surface area contributed by atoms with Gasteiger partial charge in [0, 0.05) is 49.3 Å². The maximum absolute atomic E-state index is 4.67. The second-order valence-corrected chi connectivity index (χ2v) is 12.8. The van der Waals surface area contributed by atoms with Crippen molar-refractivity contribution >= 4 is 11.4 Å². The SMILES string of the molecule is CC(CN(Cc1ccccn1)CC(C)Nc1c(C(C)C)cccc1C(C)C)Nc1c(C(C)C)cccc1C(C)C.[Cl-].[Cl-].[Co+2]. The van der Waals surface area contributed by atoms with Crippen molar-refractivity contribution in [3.63, 3.8) is 0 Å². The van der Waals surface area contributed by atoms with Crippen LogP contribution in [0.1, 0.15) is 121 Å². The van der Waals surface area contributed by atoms with Gasteiger partial charge in [-0.15, -0.1) is 0 Å². The summed E-state index contributed by atoms with van der Waals surface area (Å²) in [4.78, 5) is 7.22. The van der Waals surface area contributed by atoms with Gasteiger partial charge in [0.2, 0.25) is 0 Å². The normalized spacial score (nSPS) is 12.5. The molecule has 0 aliphatic heterocycles. The van der Waals surface area contributed by atoms with Gasteiger partial charge in [-0.2, -0.15) is 0 Å². The third kappa shape index (κ3) is 11.9. The molecule has 3 rings (SSSR count). The summed E-state index contributed by atoms with van der Waals surface area (Å²) in [6.45, 7) is 25.6. The Labute approximate surface area is 285 Å². The molecular weight excluding hydrogens is 618 g/mol. The number of anilines is 2. The predicted molar refractivity (Wildman–Crippen MR) is 175 cm³/mol. The van der Waals surface area contributed by atoms with E-state index in [1.54, 1.807) is 0 Å². The van der Waals surface area contributed by atoms with Crippen molar-refractivity contribution in [1.29, 1.82) is 0 Å². The standard InChI is InChI=1S/C36H54N4.2ClH.Co/c1-24(2)31-16-13-17-32(25(3)4)35(31)38-28(9)21-40(23-30-15-11-12-20-37-30)22-29(10)39-36-33(26(5)6)18-14-19-34(36)27(7)8;;;/h11-20,24-29,38-39H,21-23H2,1-10H3;2*1H;/q;;;+2/p-2. The molecule has 43 heavy (non-hydrogen) atoms. The summed E-state index contributed by atoms with van der Waals surface area (Å²) in [5.41, 5.74) is 9.34. The van der Waals surface area contributed by atoms with Gasteiger partial charge in [0.15, 0.2) is 0 Å². The summed E-state index contributed by atoms with van der Waals surface area (Å²) in [7, 11) is 0. The average molecular weight is 673 g/mol. The topological polar surface area (TPSA) is 40.2 Å². The molecule has 2 unspecified atom stereocenters. The van der Waals surface area contributed by atoms with E-state index in [2.05, 4.69) is 138 Å². The minimum absolute atomic E-state index is 0. The van der Waals surface area contributed by atoms with Crippen LogP contribution in [0.5, 0.6) is 0 Å². The van der Waals surface area contributed by atoms with Gasteiger partial charge in [-0.25, -0.2) is 0 Å². The van der Waals surface area contributed by atoms with Gasteiger partial charge < -0.3 is 35.4 Å². The summed E-state index contributed by atoms with van der Waals surface area (Å²) < 4.78 is 0. The molecule has 0 amide bonds. The molecule has 0 spiro atoms. The summed E-state index contributed by atoms with van der Waals surface area (Å²) in [6, 6.07) is 20.3. The fourth-order valence-corrected chi connectivity index (χ4v) is 5.72. The number of halogens is 2. The van der Waals surface area contributed by atoms with E-state index in [4.69, 9.17) is 0 Å². The second-order valence-electron chi connectivity index (χ2n) is 12.8. The van der Waals surface area contributed by atoms with E-state index in [1.165, 1.54) is 33.6 Å². The molecule has 1 aromatic heterocycles. The van der Waals surface area contributed by atoms with E-state index in [0.717, 1.165) is 25.3 Å².